The standard InChI is InChI=1S/C11H14BrFN2O2/c1-11(2,10(16)15-14)6-17-9-4-3-7(12)5-8(9)13/h3-5H,6,14H2,1-2H3,(H,15,16). The second-order valence-electron chi connectivity index (χ2n) is 4.22. The summed E-state index contributed by atoms with van der Waals surface area (Å²) in [6.07, 6.45) is 0. The van der Waals surface area contributed by atoms with Crippen molar-refractivity contribution in [2.75, 3.05) is 6.61 Å². The summed E-state index contributed by atoms with van der Waals surface area (Å²) in [6, 6.07) is 4.45. The van der Waals surface area contributed by atoms with E-state index in [1.54, 1.807) is 19.9 Å². The van der Waals surface area contributed by atoms with Gasteiger partial charge in [-0.3, -0.25) is 10.2 Å². The zero-order valence-electron chi connectivity index (χ0n) is 9.59. The van der Waals surface area contributed by atoms with E-state index in [2.05, 4.69) is 15.9 Å². The average Bonchev–Trinajstić information content (AvgIpc) is 2.26. The van der Waals surface area contributed by atoms with E-state index < -0.39 is 11.2 Å². The summed E-state index contributed by atoms with van der Waals surface area (Å²) in [6.45, 7) is 3.35. The highest BCUT2D eigenvalue weighted by Crippen LogP contribution is 2.24. The number of carbonyl (C=O) groups excluding carboxylic acids is 1. The van der Waals surface area contributed by atoms with Crippen molar-refractivity contribution in [1.82, 2.24) is 5.43 Å². The van der Waals surface area contributed by atoms with Gasteiger partial charge in [0.1, 0.15) is 6.61 Å². The van der Waals surface area contributed by atoms with E-state index in [0.717, 1.165) is 0 Å². The highest BCUT2D eigenvalue weighted by atomic mass is 79.9. The Kier molecular flexibility index (Phi) is 4.47. The molecule has 0 saturated carbocycles. The molecule has 0 saturated heterocycles. The van der Waals surface area contributed by atoms with Crippen LogP contribution in [0.1, 0.15) is 13.8 Å². The largest absolute Gasteiger partial charge is 0.489 e. The van der Waals surface area contributed by atoms with Gasteiger partial charge in [0.25, 0.3) is 0 Å². The lowest BCUT2D eigenvalue weighted by Gasteiger charge is -2.22. The fourth-order valence-electron chi connectivity index (χ4n) is 1.11. The molecule has 94 valence electrons. The lowest BCUT2D eigenvalue weighted by molar-refractivity contribution is -0.130. The Morgan fingerprint density at radius 3 is 2.76 bits per heavy atom. The number of carbonyl (C=O) groups is 1. The smallest absolute Gasteiger partial charge is 0.242 e. The number of nitrogens with two attached hydrogens (primary N) is 1. The van der Waals surface area contributed by atoms with Gasteiger partial charge in [-0.1, -0.05) is 15.9 Å². The van der Waals surface area contributed by atoms with Crippen molar-refractivity contribution in [2.24, 2.45) is 11.3 Å². The molecular weight excluding hydrogens is 291 g/mol. The zero-order valence-corrected chi connectivity index (χ0v) is 11.2. The normalized spacial score (nSPS) is 11.1. The van der Waals surface area contributed by atoms with E-state index in [1.807, 2.05) is 5.43 Å². The van der Waals surface area contributed by atoms with Gasteiger partial charge in [-0.25, -0.2) is 10.2 Å². The van der Waals surface area contributed by atoms with Gasteiger partial charge in [0, 0.05) is 4.47 Å². The van der Waals surface area contributed by atoms with Crippen LogP contribution in [-0.2, 0) is 4.79 Å². The van der Waals surface area contributed by atoms with Crippen molar-refractivity contribution in [3.63, 3.8) is 0 Å². The summed E-state index contributed by atoms with van der Waals surface area (Å²) < 4.78 is 19.3. The third-order valence-electron chi connectivity index (χ3n) is 2.23. The van der Waals surface area contributed by atoms with Crippen molar-refractivity contribution in [3.05, 3.63) is 28.5 Å². The molecule has 0 aliphatic heterocycles. The van der Waals surface area contributed by atoms with Crippen molar-refractivity contribution >= 4 is 21.8 Å². The van der Waals surface area contributed by atoms with E-state index in [9.17, 15) is 9.18 Å². The molecule has 0 radical (unpaired) electrons. The van der Waals surface area contributed by atoms with Crippen LogP contribution in [0.3, 0.4) is 0 Å². The first kappa shape index (κ1) is 13.9. The van der Waals surface area contributed by atoms with Crippen molar-refractivity contribution in [3.8, 4) is 5.75 Å². The summed E-state index contributed by atoms with van der Waals surface area (Å²) in [5.74, 6) is 4.30. The maximum Gasteiger partial charge on any atom is 0.242 e. The van der Waals surface area contributed by atoms with Gasteiger partial charge in [-0.05, 0) is 32.0 Å². The molecule has 0 unspecified atom stereocenters. The molecule has 1 aromatic carbocycles. The molecule has 6 heteroatoms. The molecule has 0 fully saturated rings. The lowest BCUT2D eigenvalue weighted by Crippen LogP contribution is -2.44. The minimum atomic E-state index is -0.825. The van der Waals surface area contributed by atoms with Gasteiger partial charge >= 0.3 is 0 Å². The molecule has 0 spiro atoms. The molecule has 0 bridgehead atoms. The van der Waals surface area contributed by atoms with Crippen LogP contribution >= 0.6 is 15.9 Å². The molecule has 0 aliphatic rings. The first-order valence-electron chi connectivity index (χ1n) is 4.96. The minimum Gasteiger partial charge on any atom is -0.489 e. The number of rotatable bonds is 4. The molecular formula is C11H14BrFN2O2. The molecule has 1 amide bonds. The predicted molar refractivity (Wildman–Crippen MR) is 65.7 cm³/mol. The summed E-state index contributed by atoms with van der Waals surface area (Å²) in [5, 5.41) is 0. The topological polar surface area (TPSA) is 64.3 Å². The Bertz CT molecular complexity index is 424. The third-order valence-corrected chi connectivity index (χ3v) is 2.72. The van der Waals surface area contributed by atoms with E-state index in [1.165, 1.54) is 12.1 Å². The van der Waals surface area contributed by atoms with Crippen LogP contribution in [-0.4, -0.2) is 12.5 Å². The van der Waals surface area contributed by atoms with E-state index >= 15 is 0 Å². The van der Waals surface area contributed by atoms with Crippen molar-refractivity contribution in [2.45, 2.75) is 13.8 Å². The number of hydrogen-bond donors (Lipinski definition) is 2. The van der Waals surface area contributed by atoms with Gasteiger partial charge in [0.05, 0.1) is 5.41 Å². The fraction of sp³-hybridized carbons (Fsp3) is 0.364. The summed E-state index contributed by atoms with van der Waals surface area (Å²) >= 11 is 3.15. The molecule has 0 atom stereocenters. The van der Waals surface area contributed by atoms with E-state index in [0.29, 0.717) is 4.47 Å². The van der Waals surface area contributed by atoms with Crippen LogP contribution in [0.25, 0.3) is 0 Å². The Balaban J connectivity index is 2.70. The van der Waals surface area contributed by atoms with Crippen LogP contribution in [0.4, 0.5) is 4.39 Å². The third kappa shape index (κ3) is 3.67. The van der Waals surface area contributed by atoms with Gasteiger partial charge in [-0.15, -0.1) is 0 Å². The Hall–Kier alpha value is -1.14. The molecule has 3 N–H and O–H groups in total. The number of amides is 1. The number of ether oxygens (including phenoxy) is 1. The molecule has 1 aromatic rings. The zero-order chi connectivity index (χ0) is 13.1. The first-order valence-corrected chi connectivity index (χ1v) is 5.75. The number of hydrogen-bond acceptors (Lipinski definition) is 3. The van der Waals surface area contributed by atoms with Gasteiger partial charge in [0.2, 0.25) is 5.91 Å². The molecule has 1 rings (SSSR count). The second kappa shape index (κ2) is 5.46. The second-order valence-corrected chi connectivity index (χ2v) is 5.14. The quantitative estimate of drug-likeness (QED) is 0.508. The predicted octanol–water partition coefficient (Wildman–Crippen LogP) is 1.98. The van der Waals surface area contributed by atoms with Gasteiger partial charge in [0.15, 0.2) is 11.6 Å². The van der Waals surface area contributed by atoms with Crippen molar-refractivity contribution < 1.29 is 13.9 Å². The van der Waals surface area contributed by atoms with Crippen molar-refractivity contribution in [1.29, 1.82) is 0 Å². The van der Waals surface area contributed by atoms with Crippen LogP contribution in [0.15, 0.2) is 22.7 Å². The first-order chi connectivity index (χ1) is 7.86. The van der Waals surface area contributed by atoms with Gasteiger partial charge in [-0.2, -0.15) is 0 Å². The summed E-state index contributed by atoms with van der Waals surface area (Å²) in [7, 11) is 0. The lowest BCUT2D eigenvalue weighted by atomic mass is 9.94. The number of benzene rings is 1. The Morgan fingerprint density at radius 1 is 1.59 bits per heavy atom. The van der Waals surface area contributed by atoms with E-state index in [-0.39, 0.29) is 18.3 Å². The average molecular weight is 305 g/mol. The Morgan fingerprint density at radius 2 is 2.24 bits per heavy atom. The van der Waals surface area contributed by atoms with Crippen LogP contribution in [0, 0.1) is 11.2 Å². The number of nitrogens with one attached hydrogen (secondary N) is 1. The number of hydrazine groups is 1. The molecule has 0 heterocycles. The Labute approximate surface area is 107 Å². The highest BCUT2D eigenvalue weighted by Gasteiger charge is 2.28. The maximum absolute atomic E-state index is 13.4. The summed E-state index contributed by atoms with van der Waals surface area (Å²) in [5.41, 5.74) is 1.22. The minimum absolute atomic E-state index is 0.0363. The van der Waals surface area contributed by atoms with Crippen LogP contribution in [0.2, 0.25) is 0 Å². The molecule has 0 aromatic heterocycles. The molecule has 0 aliphatic carbocycles. The highest BCUT2D eigenvalue weighted by molar-refractivity contribution is 9.10. The summed E-state index contributed by atoms with van der Waals surface area (Å²) in [4.78, 5) is 11.4. The maximum atomic E-state index is 13.4. The van der Waals surface area contributed by atoms with Crippen LogP contribution in [0.5, 0.6) is 5.75 Å². The monoisotopic (exact) mass is 304 g/mol. The SMILES string of the molecule is CC(C)(COc1ccc(Br)cc1F)C(=O)NN. The van der Waals surface area contributed by atoms with Crippen LogP contribution < -0.4 is 16.0 Å². The van der Waals surface area contributed by atoms with E-state index in [4.69, 9.17) is 10.6 Å². The molecule has 4 nitrogen and oxygen atoms in total. The fourth-order valence-corrected chi connectivity index (χ4v) is 1.44. The number of halogens is 2. The molecule has 17 heavy (non-hydrogen) atoms. The van der Waals surface area contributed by atoms with Gasteiger partial charge < -0.3 is 4.74 Å².